The molecule has 0 aliphatic carbocycles. The number of benzene rings is 3. The lowest BCUT2D eigenvalue weighted by Crippen LogP contribution is -1.91. The summed E-state index contributed by atoms with van der Waals surface area (Å²) in [6.45, 7) is 0.274. The van der Waals surface area contributed by atoms with E-state index in [0.717, 1.165) is 48.8 Å². The van der Waals surface area contributed by atoms with E-state index in [9.17, 15) is 5.26 Å². The number of nitriles is 1. The third-order valence-electron chi connectivity index (χ3n) is 4.88. The summed E-state index contributed by atoms with van der Waals surface area (Å²) in [5.74, 6) is 0. The Labute approximate surface area is 161 Å². The van der Waals surface area contributed by atoms with Crippen LogP contribution in [0.2, 0.25) is 0 Å². The second-order valence-electron chi connectivity index (χ2n) is 6.82. The molecule has 27 heavy (non-hydrogen) atoms. The zero-order chi connectivity index (χ0) is 18.9. The SMILES string of the molecule is N#Cc1cc(CCCCCCO)ccc1-c1ccc(-c2ccccc2)cc1. The molecule has 3 aromatic rings. The molecule has 0 bridgehead atoms. The van der Waals surface area contributed by atoms with Gasteiger partial charge in [-0.3, -0.25) is 0 Å². The molecule has 0 aliphatic heterocycles. The molecule has 136 valence electrons. The second-order valence-corrected chi connectivity index (χ2v) is 6.82. The molecule has 0 amide bonds. The molecule has 0 saturated carbocycles. The molecule has 1 N–H and O–H groups in total. The Hall–Kier alpha value is -2.89. The number of aliphatic hydroxyl groups excluding tert-OH is 1. The van der Waals surface area contributed by atoms with Crippen LogP contribution < -0.4 is 0 Å². The van der Waals surface area contributed by atoms with Gasteiger partial charge in [-0.05, 0) is 53.1 Å². The summed E-state index contributed by atoms with van der Waals surface area (Å²) in [5, 5.41) is 18.4. The van der Waals surface area contributed by atoms with E-state index in [1.165, 1.54) is 16.7 Å². The Morgan fingerprint density at radius 3 is 2.07 bits per heavy atom. The summed E-state index contributed by atoms with van der Waals surface area (Å²) in [6.07, 6.45) is 5.13. The average molecular weight is 355 g/mol. The second kappa shape index (κ2) is 9.71. The van der Waals surface area contributed by atoms with Crippen molar-refractivity contribution in [2.75, 3.05) is 6.61 Å². The molecule has 2 heteroatoms. The van der Waals surface area contributed by atoms with Gasteiger partial charge in [0.05, 0.1) is 11.6 Å². The summed E-state index contributed by atoms with van der Waals surface area (Å²) in [4.78, 5) is 0. The largest absolute Gasteiger partial charge is 0.396 e. The first-order valence-corrected chi connectivity index (χ1v) is 9.61. The van der Waals surface area contributed by atoms with Gasteiger partial charge in [-0.1, -0.05) is 79.6 Å². The molecule has 0 atom stereocenters. The summed E-state index contributed by atoms with van der Waals surface area (Å²) >= 11 is 0. The molecule has 0 saturated heterocycles. The molecule has 0 aliphatic rings. The first kappa shape index (κ1) is 18.9. The molecule has 0 heterocycles. The molecule has 0 unspecified atom stereocenters. The highest BCUT2D eigenvalue weighted by Gasteiger charge is 2.07. The Balaban J connectivity index is 1.73. The molecular weight excluding hydrogens is 330 g/mol. The van der Waals surface area contributed by atoms with Crippen LogP contribution >= 0.6 is 0 Å². The zero-order valence-electron chi connectivity index (χ0n) is 15.6. The molecule has 0 radical (unpaired) electrons. The maximum atomic E-state index is 9.60. The minimum atomic E-state index is 0.274. The van der Waals surface area contributed by atoms with Gasteiger partial charge < -0.3 is 5.11 Å². The Morgan fingerprint density at radius 2 is 1.37 bits per heavy atom. The lowest BCUT2D eigenvalue weighted by molar-refractivity contribution is 0.282. The third-order valence-corrected chi connectivity index (χ3v) is 4.88. The van der Waals surface area contributed by atoms with Crippen LogP contribution in [0.15, 0.2) is 72.8 Å². The summed E-state index contributed by atoms with van der Waals surface area (Å²) in [6, 6.07) is 27.3. The maximum Gasteiger partial charge on any atom is 0.0998 e. The number of rotatable bonds is 8. The highest BCUT2D eigenvalue weighted by molar-refractivity contribution is 5.74. The van der Waals surface area contributed by atoms with Crippen LogP contribution in [0.1, 0.15) is 36.8 Å². The average Bonchev–Trinajstić information content (AvgIpc) is 2.74. The van der Waals surface area contributed by atoms with E-state index in [2.05, 4.69) is 54.6 Å². The number of nitrogens with zero attached hydrogens (tertiary/aromatic N) is 1. The smallest absolute Gasteiger partial charge is 0.0998 e. The topological polar surface area (TPSA) is 44.0 Å². The van der Waals surface area contributed by atoms with Gasteiger partial charge in [0.2, 0.25) is 0 Å². The fourth-order valence-electron chi connectivity index (χ4n) is 3.36. The van der Waals surface area contributed by atoms with Crippen LogP contribution in [-0.4, -0.2) is 11.7 Å². The Morgan fingerprint density at radius 1 is 0.704 bits per heavy atom. The van der Waals surface area contributed by atoms with Crippen LogP contribution in [0.25, 0.3) is 22.3 Å². The normalized spacial score (nSPS) is 10.5. The molecular formula is C25H25NO. The van der Waals surface area contributed by atoms with Gasteiger partial charge in [-0.2, -0.15) is 5.26 Å². The summed E-state index contributed by atoms with van der Waals surface area (Å²) < 4.78 is 0. The first-order valence-electron chi connectivity index (χ1n) is 9.61. The van der Waals surface area contributed by atoms with E-state index < -0.39 is 0 Å². The summed E-state index contributed by atoms with van der Waals surface area (Å²) in [5.41, 5.74) is 6.37. The monoisotopic (exact) mass is 355 g/mol. The van der Waals surface area contributed by atoms with Crippen LogP contribution in [0.3, 0.4) is 0 Å². The van der Waals surface area contributed by atoms with Crippen molar-refractivity contribution in [3.63, 3.8) is 0 Å². The Kier molecular flexibility index (Phi) is 6.79. The van der Waals surface area contributed by atoms with Crippen LogP contribution in [0.4, 0.5) is 0 Å². The van der Waals surface area contributed by atoms with E-state index >= 15 is 0 Å². The number of aliphatic hydroxyl groups is 1. The van der Waals surface area contributed by atoms with Crippen molar-refractivity contribution < 1.29 is 5.11 Å². The predicted octanol–water partition coefficient (Wildman–Crippen LogP) is 5.99. The lowest BCUT2D eigenvalue weighted by Gasteiger charge is -2.09. The number of hydrogen-bond acceptors (Lipinski definition) is 2. The fourth-order valence-corrected chi connectivity index (χ4v) is 3.36. The van der Waals surface area contributed by atoms with E-state index in [4.69, 9.17) is 5.11 Å². The number of hydrogen-bond donors (Lipinski definition) is 1. The van der Waals surface area contributed by atoms with Crippen molar-refractivity contribution >= 4 is 0 Å². The van der Waals surface area contributed by atoms with E-state index in [-0.39, 0.29) is 6.61 Å². The van der Waals surface area contributed by atoms with Gasteiger partial charge in [0, 0.05) is 6.61 Å². The summed E-state index contributed by atoms with van der Waals surface area (Å²) in [7, 11) is 0. The molecule has 0 aromatic heterocycles. The molecule has 3 rings (SSSR count). The van der Waals surface area contributed by atoms with Crippen molar-refractivity contribution in [2.24, 2.45) is 0 Å². The van der Waals surface area contributed by atoms with Gasteiger partial charge in [0.1, 0.15) is 0 Å². The quantitative estimate of drug-likeness (QED) is 0.505. The number of aryl methyl sites for hydroxylation is 1. The van der Waals surface area contributed by atoms with Gasteiger partial charge in [-0.15, -0.1) is 0 Å². The van der Waals surface area contributed by atoms with Gasteiger partial charge in [-0.25, -0.2) is 0 Å². The van der Waals surface area contributed by atoms with E-state index in [1.807, 2.05) is 24.3 Å². The molecule has 0 spiro atoms. The highest BCUT2D eigenvalue weighted by Crippen LogP contribution is 2.28. The third kappa shape index (κ3) is 5.06. The molecule has 3 aromatic carbocycles. The fraction of sp³-hybridized carbons (Fsp3) is 0.240. The predicted molar refractivity (Wildman–Crippen MR) is 111 cm³/mol. The van der Waals surface area contributed by atoms with Gasteiger partial charge in [0.15, 0.2) is 0 Å². The van der Waals surface area contributed by atoms with E-state index in [0.29, 0.717) is 0 Å². The Bertz CT molecular complexity index is 892. The van der Waals surface area contributed by atoms with E-state index in [1.54, 1.807) is 0 Å². The maximum absolute atomic E-state index is 9.60. The molecule has 0 fully saturated rings. The number of unbranched alkanes of at least 4 members (excludes halogenated alkanes) is 3. The molecule has 2 nitrogen and oxygen atoms in total. The van der Waals surface area contributed by atoms with Crippen molar-refractivity contribution in [3.8, 4) is 28.3 Å². The van der Waals surface area contributed by atoms with Crippen molar-refractivity contribution in [2.45, 2.75) is 32.1 Å². The zero-order valence-corrected chi connectivity index (χ0v) is 15.6. The van der Waals surface area contributed by atoms with Crippen molar-refractivity contribution in [3.05, 3.63) is 83.9 Å². The van der Waals surface area contributed by atoms with Crippen LogP contribution in [-0.2, 0) is 6.42 Å². The standard InChI is InChI=1S/C25H25NO/c26-19-24-18-20(8-4-1-2-7-17-27)11-16-25(24)23-14-12-22(13-15-23)21-9-5-3-6-10-21/h3,5-6,9-16,18,27H,1-2,4,7-8,17H2. The minimum absolute atomic E-state index is 0.274. The van der Waals surface area contributed by atoms with Crippen molar-refractivity contribution in [1.82, 2.24) is 0 Å². The lowest BCUT2D eigenvalue weighted by atomic mass is 9.95. The van der Waals surface area contributed by atoms with Crippen LogP contribution in [0.5, 0.6) is 0 Å². The van der Waals surface area contributed by atoms with Crippen LogP contribution in [0, 0.1) is 11.3 Å². The minimum Gasteiger partial charge on any atom is -0.396 e. The first-order chi connectivity index (χ1) is 13.3. The highest BCUT2D eigenvalue weighted by atomic mass is 16.2. The van der Waals surface area contributed by atoms with Gasteiger partial charge >= 0.3 is 0 Å². The van der Waals surface area contributed by atoms with Gasteiger partial charge in [0.25, 0.3) is 0 Å². The van der Waals surface area contributed by atoms with Crippen molar-refractivity contribution in [1.29, 1.82) is 5.26 Å².